The number of nitrogens with zero attached hydrogens (tertiary/aromatic N) is 2. The molecule has 1 saturated carbocycles. The van der Waals surface area contributed by atoms with E-state index in [0.717, 1.165) is 11.1 Å². The molecule has 3 N–H and O–H groups in total. The molecule has 2 aromatic carbocycles. The number of rotatable bonds is 5. The Morgan fingerprint density at radius 1 is 1.05 bits per heavy atom. The summed E-state index contributed by atoms with van der Waals surface area (Å²) >= 11 is 0. The molecule has 2 aromatic rings. The molecule has 1 aliphatic carbocycles. The molecule has 0 atom stereocenters. The summed E-state index contributed by atoms with van der Waals surface area (Å²) in [5.74, 6) is -0.862. The minimum Gasteiger partial charge on any atom is -0.465 e. The average molecular weight is 527 g/mol. The van der Waals surface area contributed by atoms with Crippen molar-refractivity contribution < 1.29 is 33.4 Å². The minimum absolute atomic E-state index is 0.0812. The summed E-state index contributed by atoms with van der Waals surface area (Å²) in [5.41, 5.74) is 2.62. The zero-order valence-electron chi connectivity index (χ0n) is 21.1. The maximum atomic E-state index is 13.8. The summed E-state index contributed by atoms with van der Waals surface area (Å²) < 4.78 is 19.5. The van der Waals surface area contributed by atoms with Crippen LogP contribution in [-0.2, 0) is 22.5 Å². The number of amides is 5. The molecule has 1 fully saturated rings. The van der Waals surface area contributed by atoms with Gasteiger partial charge < -0.3 is 25.4 Å². The number of fused-ring (bicyclic) bond motifs is 1. The number of hydrogen-bond donors (Lipinski definition) is 3. The fourth-order valence-corrected chi connectivity index (χ4v) is 4.80. The van der Waals surface area contributed by atoms with Crippen LogP contribution in [0.4, 0.5) is 30.1 Å². The lowest BCUT2D eigenvalue weighted by Gasteiger charge is -2.32. The summed E-state index contributed by atoms with van der Waals surface area (Å²) in [7, 11) is 1.25. The molecule has 0 aromatic heterocycles. The summed E-state index contributed by atoms with van der Waals surface area (Å²) in [6, 6.07) is 10.8. The molecule has 0 spiro atoms. The van der Waals surface area contributed by atoms with E-state index in [0.29, 0.717) is 55.8 Å². The van der Waals surface area contributed by atoms with Crippen molar-refractivity contribution in [2.45, 2.75) is 51.2 Å². The van der Waals surface area contributed by atoms with Crippen molar-refractivity contribution in [3.63, 3.8) is 0 Å². The Morgan fingerprint density at radius 3 is 2.50 bits per heavy atom. The Bertz CT molecular complexity index is 1210. The lowest BCUT2D eigenvalue weighted by Crippen LogP contribution is -2.39. The maximum Gasteiger partial charge on any atom is 0.413 e. The fraction of sp³-hybridized carbons (Fsp3) is 0.407. The Hall–Kier alpha value is -4.15. The Balaban J connectivity index is 1.24. The van der Waals surface area contributed by atoms with Crippen LogP contribution in [0.1, 0.15) is 43.2 Å². The third kappa shape index (κ3) is 6.78. The van der Waals surface area contributed by atoms with Crippen LogP contribution < -0.4 is 10.6 Å². The predicted octanol–water partition coefficient (Wildman–Crippen LogP) is 5.05. The molecule has 1 aliphatic heterocycles. The van der Waals surface area contributed by atoms with Crippen LogP contribution in [0.2, 0.25) is 0 Å². The van der Waals surface area contributed by atoms with Crippen molar-refractivity contribution in [1.29, 1.82) is 0 Å². The highest BCUT2D eigenvalue weighted by atomic mass is 19.1. The van der Waals surface area contributed by atoms with Gasteiger partial charge in [0, 0.05) is 32.2 Å². The van der Waals surface area contributed by atoms with Gasteiger partial charge in [0.2, 0.25) is 5.91 Å². The van der Waals surface area contributed by atoms with Gasteiger partial charge in [-0.3, -0.25) is 9.69 Å². The first-order valence-corrected chi connectivity index (χ1v) is 12.6. The maximum absolute atomic E-state index is 13.8. The van der Waals surface area contributed by atoms with Crippen LogP contribution in [0.15, 0.2) is 42.5 Å². The highest BCUT2D eigenvalue weighted by molar-refractivity contribution is 5.99. The quantitative estimate of drug-likeness (QED) is 0.500. The second-order valence-corrected chi connectivity index (χ2v) is 9.68. The van der Waals surface area contributed by atoms with Gasteiger partial charge in [-0.25, -0.2) is 18.8 Å². The van der Waals surface area contributed by atoms with E-state index in [1.807, 2.05) is 12.1 Å². The van der Waals surface area contributed by atoms with E-state index in [-0.39, 0.29) is 30.2 Å². The summed E-state index contributed by atoms with van der Waals surface area (Å²) in [5, 5.41) is 14.1. The van der Waals surface area contributed by atoms with Crippen LogP contribution in [0.3, 0.4) is 0 Å². The number of carbonyl (C=O) groups excluding carboxylic acids is 3. The average Bonchev–Trinajstić information content (AvgIpc) is 2.90. The first-order valence-electron chi connectivity index (χ1n) is 12.6. The van der Waals surface area contributed by atoms with E-state index in [1.54, 1.807) is 23.1 Å². The Labute approximate surface area is 219 Å². The third-order valence-corrected chi connectivity index (χ3v) is 7.04. The number of anilines is 2. The number of ether oxygens (including phenoxy) is 1. The molecule has 0 bridgehead atoms. The number of para-hydroxylation sites is 1. The Morgan fingerprint density at radius 2 is 1.79 bits per heavy atom. The summed E-state index contributed by atoms with van der Waals surface area (Å²) in [6.07, 6.45) is 1.55. The van der Waals surface area contributed by atoms with Crippen LogP contribution in [0.5, 0.6) is 0 Å². The molecule has 5 amide bonds. The van der Waals surface area contributed by atoms with Crippen molar-refractivity contribution in [2.24, 2.45) is 5.92 Å². The van der Waals surface area contributed by atoms with E-state index in [1.165, 1.54) is 19.2 Å². The largest absolute Gasteiger partial charge is 0.465 e. The molecule has 11 heteroatoms. The second kappa shape index (κ2) is 11.9. The number of imide groups is 1. The van der Waals surface area contributed by atoms with Gasteiger partial charge in [0.1, 0.15) is 11.9 Å². The van der Waals surface area contributed by atoms with E-state index < -0.39 is 23.8 Å². The molecule has 202 valence electrons. The van der Waals surface area contributed by atoms with Crippen molar-refractivity contribution >= 4 is 35.5 Å². The van der Waals surface area contributed by atoms with Crippen LogP contribution in [0.25, 0.3) is 0 Å². The normalized spacial score (nSPS) is 18.6. The van der Waals surface area contributed by atoms with Crippen molar-refractivity contribution in [3.05, 3.63) is 59.4 Å². The second-order valence-electron chi connectivity index (χ2n) is 9.68. The third-order valence-electron chi connectivity index (χ3n) is 7.04. The highest BCUT2D eigenvalue weighted by Gasteiger charge is 2.30. The van der Waals surface area contributed by atoms with E-state index >= 15 is 0 Å². The molecule has 0 radical (unpaired) electrons. The van der Waals surface area contributed by atoms with E-state index in [2.05, 4.69) is 10.6 Å². The lowest BCUT2D eigenvalue weighted by atomic mass is 9.85. The summed E-state index contributed by atoms with van der Waals surface area (Å²) in [4.78, 5) is 50.3. The molecule has 0 saturated heterocycles. The molecule has 2 aliphatic rings. The monoisotopic (exact) mass is 526 g/mol. The van der Waals surface area contributed by atoms with Gasteiger partial charge in [0.05, 0.1) is 5.69 Å². The number of halogens is 1. The summed E-state index contributed by atoms with van der Waals surface area (Å²) in [6.45, 7) is 0.864. The van der Waals surface area contributed by atoms with Gasteiger partial charge in [-0.1, -0.05) is 18.2 Å². The van der Waals surface area contributed by atoms with Crippen LogP contribution in [-0.4, -0.2) is 58.7 Å². The minimum atomic E-state index is -1.27. The number of hydrogen-bond acceptors (Lipinski definition) is 5. The first kappa shape index (κ1) is 26.9. The topological polar surface area (TPSA) is 128 Å². The molecule has 10 nitrogen and oxygen atoms in total. The molecular formula is C27H31FN4O6. The van der Waals surface area contributed by atoms with E-state index in [9.17, 15) is 23.6 Å². The first-order chi connectivity index (χ1) is 18.2. The zero-order chi connectivity index (χ0) is 27.2. The predicted molar refractivity (Wildman–Crippen MR) is 137 cm³/mol. The van der Waals surface area contributed by atoms with Gasteiger partial charge in [-0.15, -0.1) is 0 Å². The molecule has 1 heterocycles. The van der Waals surface area contributed by atoms with Gasteiger partial charge in [-0.2, -0.15) is 0 Å². The van der Waals surface area contributed by atoms with E-state index in [4.69, 9.17) is 9.84 Å². The molecule has 4 rings (SSSR count). The standard InChI is InChI=1S/C27H31FN4O6/c1-31(26(35)36)24(33)14-17-6-10-21(11-7-17)38-27(37)32-13-12-18-15-20(9-8-19(18)16-32)29-25(34)30-23-5-3-2-4-22(23)28/h2-5,8-9,15,17,21H,6-7,10-14,16H2,1H3,(H,35,36)(H2,29,30,34)/t17-,21-. The van der Waals surface area contributed by atoms with Crippen molar-refractivity contribution in [3.8, 4) is 0 Å². The molecule has 38 heavy (non-hydrogen) atoms. The number of carboxylic acid groups (broad SMARTS) is 1. The van der Waals surface area contributed by atoms with Crippen molar-refractivity contribution in [2.75, 3.05) is 24.2 Å². The van der Waals surface area contributed by atoms with Gasteiger partial charge in [0.15, 0.2) is 0 Å². The lowest BCUT2D eigenvalue weighted by molar-refractivity contribution is -0.129. The number of benzene rings is 2. The van der Waals surface area contributed by atoms with Crippen LogP contribution >= 0.6 is 0 Å². The SMILES string of the molecule is CN(C(=O)O)C(=O)C[C@H]1CC[C@H](OC(=O)N2CCc3cc(NC(=O)Nc4ccccc4F)ccc3C2)CC1. The molecular weight excluding hydrogens is 495 g/mol. The number of nitrogens with one attached hydrogen (secondary N) is 2. The number of carbonyl (C=O) groups is 4. The zero-order valence-corrected chi connectivity index (χ0v) is 21.1. The Kier molecular flexibility index (Phi) is 8.45. The van der Waals surface area contributed by atoms with Gasteiger partial charge >= 0.3 is 18.2 Å². The van der Waals surface area contributed by atoms with Crippen molar-refractivity contribution in [1.82, 2.24) is 9.80 Å². The number of urea groups is 1. The smallest absolute Gasteiger partial charge is 0.413 e. The van der Waals surface area contributed by atoms with Crippen LogP contribution in [0, 0.1) is 11.7 Å². The molecule has 0 unspecified atom stereocenters. The van der Waals surface area contributed by atoms with Gasteiger partial charge in [0.25, 0.3) is 0 Å². The highest BCUT2D eigenvalue weighted by Crippen LogP contribution is 2.30. The van der Waals surface area contributed by atoms with Gasteiger partial charge in [-0.05, 0) is 73.4 Å². The fourth-order valence-electron chi connectivity index (χ4n) is 4.80.